The zero-order valence-electron chi connectivity index (χ0n) is 19.2. The Bertz CT molecular complexity index is 1220. The quantitative estimate of drug-likeness (QED) is 0.536. The third-order valence-corrected chi connectivity index (χ3v) is 6.10. The number of aryl methyl sites for hydroxylation is 1. The molecule has 0 bridgehead atoms. The van der Waals surface area contributed by atoms with Crippen LogP contribution in [0.15, 0.2) is 52.9 Å². The molecule has 174 valence electrons. The lowest BCUT2D eigenvalue weighted by Gasteiger charge is -2.32. The second kappa shape index (κ2) is 9.87. The van der Waals surface area contributed by atoms with Crippen LogP contribution in [0.25, 0.3) is 22.9 Å². The molecule has 0 saturated heterocycles. The maximum absolute atomic E-state index is 12.6. The Morgan fingerprint density at radius 2 is 1.74 bits per heavy atom. The molecule has 1 heterocycles. The van der Waals surface area contributed by atoms with Crippen LogP contribution in [0.3, 0.4) is 0 Å². The van der Waals surface area contributed by atoms with E-state index in [1.165, 1.54) is 6.92 Å². The minimum absolute atomic E-state index is 0.287. The highest BCUT2D eigenvalue weighted by atomic mass is 16.5. The molecule has 1 N–H and O–H groups in total. The number of carbonyl (C=O) groups is 2. The Balaban J connectivity index is 1.39. The van der Waals surface area contributed by atoms with Crippen molar-refractivity contribution in [3.63, 3.8) is 0 Å². The van der Waals surface area contributed by atoms with Gasteiger partial charge in [0.15, 0.2) is 6.10 Å². The van der Waals surface area contributed by atoms with Gasteiger partial charge in [0.1, 0.15) is 5.54 Å². The first-order valence-electron chi connectivity index (χ1n) is 11.3. The van der Waals surface area contributed by atoms with Gasteiger partial charge in [-0.05, 0) is 62.6 Å². The summed E-state index contributed by atoms with van der Waals surface area (Å²) in [5.74, 6) is -0.345. The average molecular weight is 459 g/mol. The molecule has 2 aromatic carbocycles. The minimum atomic E-state index is -1.02. The van der Waals surface area contributed by atoms with E-state index >= 15 is 0 Å². The molecule has 0 spiro atoms. The van der Waals surface area contributed by atoms with Gasteiger partial charge < -0.3 is 14.5 Å². The monoisotopic (exact) mass is 458 g/mol. The van der Waals surface area contributed by atoms with Gasteiger partial charge in [-0.15, -0.1) is 10.2 Å². The van der Waals surface area contributed by atoms with Crippen molar-refractivity contribution in [3.05, 3.63) is 59.7 Å². The van der Waals surface area contributed by atoms with Crippen LogP contribution in [0.5, 0.6) is 0 Å². The maximum atomic E-state index is 12.6. The number of hydrogen-bond donors (Lipinski definition) is 1. The predicted octanol–water partition coefficient (Wildman–Crippen LogP) is 4.60. The summed E-state index contributed by atoms with van der Waals surface area (Å²) in [4.78, 5) is 25.1. The number of nitrogens with zero attached hydrogens (tertiary/aromatic N) is 3. The summed E-state index contributed by atoms with van der Waals surface area (Å²) in [5, 5.41) is 20.6. The highest BCUT2D eigenvalue weighted by molar-refractivity contribution is 5.92. The Morgan fingerprint density at radius 3 is 2.41 bits per heavy atom. The largest absolute Gasteiger partial charge is 0.449 e. The average Bonchev–Trinajstić information content (AvgIpc) is 3.35. The van der Waals surface area contributed by atoms with Crippen molar-refractivity contribution in [1.29, 1.82) is 5.26 Å². The van der Waals surface area contributed by atoms with Gasteiger partial charge in [0, 0.05) is 11.1 Å². The first-order valence-corrected chi connectivity index (χ1v) is 11.3. The Labute approximate surface area is 198 Å². The van der Waals surface area contributed by atoms with Gasteiger partial charge in [0.2, 0.25) is 11.8 Å². The summed E-state index contributed by atoms with van der Waals surface area (Å²) in [5.41, 5.74) is 1.95. The van der Waals surface area contributed by atoms with Crippen LogP contribution in [0.4, 0.5) is 0 Å². The van der Waals surface area contributed by atoms with Crippen LogP contribution in [0.2, 0.25) is 0 Å². The maximum Gasteiger partial charge on any atom is 0.338 e. The summed E-state index contributed by atoms with van der Waals surface area (Å²) in [6.45, 7) is 3.47. The fraction of sp³-hybridized carbons (Fsp3) is 0.346. The molecule has 0 radical (unpaired) electrons. The highest BCUT2D eigenvalue weighted by Crippen LogP contribution is 2.28. The number of aromatic nitrogens is 2. The van der Waals surface area contributed by atoms with Crippen molar-refractivity contribution in [2.24, 2.45) is 0 Å². The van der Waals surface area contributed by atoms with Gasteiger partial charge in [0.25, 0.3) is 5.91 Å². The Morgan fingerprint density at radius 1 is 1.06 bits per heavy atom. The van der Waals surface area contributed by atoms with Crippen LogP contribution in [0.1, 0.15) is 54.9 Å². The molecule has 1 aliphatic carbocycles. The number of benzene rings is 2. The lowest BCUT2D eigenvalue weighted by molar-refractivity contribution is -0.130. The predicted molar refractivity (Wildman–Crippen MR) is 124 cm³/mol. The number of nitrogens with one attached hydrogen (secondary N) is 1. The third-order valence-electron chi connectivity index (χ3n) is 6.10. The summed E-state index contributed by atoms with van der Waals surface area (Å²) in [6.07, 6.45) is 3.03. The molecule has 1 amide bonds. The number of hydrogen-bond acceptors (Lipinski definition) is 7. The molecule has 1 aromatic heterocycles. The molecular weight excluding hydrogens is 432 g/mol. The molecule has 4 rings (SSSR count). The summed E-state index contributed by atoms with van der Waals surface area (Å²) < 4.78 is 11.1. The second-order valence-electron chi connectivity index (χ2n) is 8.60. The van der Waals surface area contributed by atoms with Crippen molar-refractivity contribution >= 4 is 11.9 Å². The zero-order valence-corrected chi connectivity index (χ0v) is 19.2. The first kappa shape index (κ1) is 23.2. The van der Waals surface area contributed by atoms with Crippen molar-refractivity contribution < 1.29 is 18.7 Å². The minimum Gasteiger partial charge on any atom is -0.449 e. The molecule has 8 heteroatoms. The van der Waals surface area contributed by atoms with E-state index in [9.17, 15) is 14.9 Å². The molecule has 34 heavy (non-hydrogen) atoms. The standard InChI is InChI=1S/C26H26N4O4/c1-17-8-4-5-9-21(17)24-30-29-23(34-24)19-10-12-20(13-11-19)25(32)33-18(2)22(31)28-26(16-27)14-6-3-7-15-26/h4-5,8-13,18H,3,6-7,14-15H2,1-2H3,(H,28,31). The third kappa shape index (κ3) is 4.99. The van der Waals surface area contributed by atoms with Gasteiger partial charge in [-0.3, -0.25) is 4.79 Å². The van der Waals surface area contributed by atoms with E-state index in [2.05, 4.69) is 21.6 Å². The van der Waals surface area contributed by atoms with E-state index in [0.29, 0.717) is 30.2 Å². The smallest absolute Gasteiger partial charge is 0.338 e. The second-order valence-corrected chi connectivity index (χ2v) is 8.60. The highest BCUT2D eigenvalue weighted by Gasteiger charge is 2.35. The van der Waals surface area contributed by atoms with E-state index in [-0.39, 0.29) is 5.56 Å². The van der Waals surface area contributed by atoms with Crippen LogP contribution >= 0.6 is 0 Å². The van der Waals surface area contributed by atoms with E-state index in [0.717, 1.165) is 30.4 Å². The van der Waals surface area contributed by atoms with Crippen molar-refractivity contribution in [3.8, 4) is 29.0 Å². The summed E-state index contributed by atoms with van der Waals surface area (Å²) >= 11 is 0. The van der Waals surface area contributed by atoms with Crippen LogP contribution in [0, 0.1) is 18.3 Å². The fourth-order valence-electron chi connectivity index (χ4n) is 4.05. The molecule has 1 fully saturated rings. The molecule has 3 aromatic rings. The van der Waals surface area contributed by atoms with E-state index in [4.69, 9.17) is 9.15 Å². The Hall–Kier alpha value is -3.99. The van der Waals surface area contributed by atoms with Crippen LogP contribution in [-0.2, 0) is 9.53 Å². The van der Waals surface area contributed by atoms with Crippen LogP contribution < -0.4 is 5.32 Å². The summed E-state index contributed by atoms with van der Waals surface area (Å²) in [6, 6.07) is 16.5. The number of ether oxygens (including phenoxy) is 1. The molecule has 1 saturated carbocycles. The van der Waals surface area contributed by atoms with Crippen molar-refractivity contribution in [2.45, 2.75) is 57.6 Å². The van der Waals surface area contributed by atoms with E-state index < -0.39 is 23.5 Å². The lowest BCUT2D eigenvalue weighted by Crippen LogP contribution is -2.52. The van der Waals surface area contributed by atoms with Crippen molar-refractivity contribution in [2.75, 3.05) is 0 Å². The lowest BCUT2D eigenvalue weighted by atomic mass is 9.83. The number of rotatable bonds is 6. The van der Waals surface area contributed by atoms with Gasteiger partial charge in [0.05, 0.1) is 11.6 Å². The number of carbonyl (C=O) groups excluding carboxylic acids is 2. The normalized spacial score (nSPS) is 15.7. The number of amides is 1. The van der Waals surface area contributed by atoms with Gasteiger partial charge >= 0.3 is 5.97 Å². The number of esters is 1. The van der Waals surface area contributed by atoms with E-state index in [1.54, 1.807) is 24.3 Å². The fourth-order valence-corrected chi connectivity index (χ4v) is 4.05. The number of nitriles is 1. The van der Waals surface area contributed by atoms with Gasteiger partial charge in [-0.25, -0.2) is 4.79 Å². The molecule has 8 nitrogen and oxygen atoms in total. The molecular formula is C26H26N4O4. The Kier molecular flexibility index (Phi) is 6.73. The van der Waals surface area contributed by atoms with E-state index in [1.807, 2.05) is 31.2 Å². The summed E-state index contributed by atoms with van der Waals surface area (Å²) in [7, 11) is 0. The molecule has 1 atom stereocenters. The van der Waals surface area contributed by atoms with Crippen molar-refractivity contribution in [1.82, 2.24) is 15.5 Å². The zero-order chi connectivity index (χ0) is 24.1. The molecule has 1 unspecified atom stereocenters. The topological polar surface area (TPSA) is 118 Å². The van der Waals surface area contributed by atoms with Crippen LogP contribution in [-0.4, -0.2) is 33.7 Å². The molecule has 1 aliphatic rings. The van der Waals surface area contributed by atoms with Gasteiger partial charge in [-0.1, -0.05) is 37.5 Å². The van der Waals surface area contributed by atoms with Gasteiger partial charge in [-0.2, -0.15) is 5.26 Å². The molecule has 0 aliphatic heterocycles. The first-order chi connectivity index (χ1) is 16.4. The SMILES string of the molecule is Cc1ccccc1-c1nnc(-c2ccc(C(=O)OC(C)C(=O)NC3(C#N)CCCCC3)cc2)o1.